The summed E-state index contributed by atoms with van der Waals surface area (Å²) in [4.78, 5) is 24.1. The molecule has 0 fully saturated rings. The minimum absolute atomic E-state index is 0.116. The number of rotatable bonds is 4. The highest BCUT2D eigenvalue weighted by atomic mass is 79.9. The summed E-state index contributed by atoms with van der Waals surface area (Å²) in [5.41, 5.74) is 1.54. The molecule has 2 rings (SSSR count). The molecule has 0 spiro atoms. The number of benzene rings is 2. The molecule has 26 heavy (non-hydrogen) atoms. The second kappa shape index (κ2) is 8.36. The molecule has 0 radical (unpaired) electrons. The Morgan fingerprint density at radius 3 is 2.12 bits per heavy atom. The summed E-state index contributed by atoms with van der Waals surface area (Å²) in [5, 5.41) is 5.60. The third-order valence-electron chi connectivity index (χ3n) is 3.51. The average Bonchev–Trinajstić information content (AvgIpc) is 2.54. The van der Waals surface area contributed by atoms with Crippen molar-refractivity contribution < 1.29 is 14.3 Å². The van der Waals surface area contributed by atoms with Gasteiger partial charge >= 0.3 is 6.09 Å². The van der Waals surface area contributed by atoms with E-state index in [0.29, 0.717) is 11.3 Å². The van der Waals surface area contributed by atoms with Crippen LogP contribution in [0, 0.1) is 0 Å². The number of hydrogen-bond donors (Lipinski definition) is 2. The Balaban J connectivity index is 1.95. The number of carbonyl (C=O) groups excluding carboxylic acids is 2. The molecule has 0 heterocycles. The first-order valence-electron chi connectivity index (χ1n) is 8.30. The van der Waals surface area contributed by atoms with Gasteiger partial charge in [0.1, 0.15) is 5.60 Å². The van der Waals surface area contributed by atoms with Gasteiger partial charge in [0.2, 0.25) is 0 Å². The van der Waals surface area contributed by atoms with Gasteiger partial charge < -0.3 is 10.1 Å². The van der Waals surface area contributed by atoms with E-state index in [-0.39, 0.29) is 11.9 Å². The molecule has 0 saturated heterocycles. The van der Waals surface area contributed by atoms with Gasteiger partial charge in [0.15, 0.2) is 0 Å². The second-order valence-electron chi connectivity index (χ2n) is 6.95. The molecule has 6 heteroatoms. The monoisotopic (exact) mass is 418 g/mol. The molecule has 0 aliphatic carbocycles. The summed E-state index contributed by atoms with van der Waals surface area (Å²) in [5.74, 6) is -0.177. The van der Waals surface area contributed by atoms with Gasteiger partial charge in [0.25, 0.3) is 5.91 Å². The van der Waals surface area contributed by atoms with Crippen molar-refractivity contribution in [3.05, 3.63) is 64.1 Å². The smallest absolute Gasteiger partial charge is 0.412 e. The van der Waals surface area contributed by atoms with Crippen molar-refractivity contribution in [1.82, 2.24) is 5.32 Å². The molecule has 0 aliphatic heterocycles. The van der Waals surface area contributed by atoms with Crippen LogP contribution in [-0.4, -0.2) is 17.6 Å². The van der Waals surface area contributed by atoms with Gasteiger partial charge in [0, 0.05) is 15.7 Å². The summed E-state index contributed by atoms with van der Waals surface area (Å²) in [6.45, 7) is 7.32. The maximum absolute atomic E-state index is 12.4. The normalized spacial score (nSPS) is 12.2. The lowest BCUT2D eigenvalue weighted by molar-refractivity contribution is 0.0635. The molecule has 5 nitrogen and oxygen atoms in total. The van der Waals surface area contributed by atoms with Crippen LogP contribution in [-0.2, 0) is 4.74 Å². The molecule has 2 aromatic rings. The highest BCUT2D eigenvalue weighted by molar-refractivity contribution is 9.10. The van der Waals surface area contributed by atoms with Gasteiger partial charge in [-0.3, -0.25) is 10.1 Å². The molecule has 2 amide bonds. The summed E-state index contributed by atoms with van der Waals surface area (Å²) < 4.78 is 6.19. The van der Waals surface area contributed by atoms with Crippen LogP contribution in [0.4, 0.5) is 10.5 Å². The predicted octanol–water partition coefficient (Wildman–Crippen LogP) is 5.29. The van der Waals surface area contributed by atoms with E-state index < -0.39 is 11.7 Å². The number of anilines is 1. The largest absolute Gasteiger partial charge is 0.444 e. The van der Waals surface area contributed by atoms with Crippen molar-refractivity contribution in [1.29, 1.82) is 0 Å². The minimum Gasteiger partial charge on any atom is -0.444 e. The zero-order valence-corrected chi connectivity index (χ0v) is 16.9. The average molecular weight is 419 g/mol. The van der Waals surface area contributed by atoms with Gasteiger partial charge in [-0.1, -0.05) is 28.1 Å². The Morgan fingerprint density at radius 2 is 1.58 bits per heavy atom. The molecule has 1 atom stereocenters. The Bertz CT molecular complexity index is 765. The quantitative estimate of drug-likeness (QED) is 0.708. The molecule has 1 unspecified atom stereocenters. The first-order valence-corrected chi connectivity index (χ1v) is 9.10. The number of amides is 2. The first kappa shape index (κ1) is 20.0. The van der Waals surface area contributed by atoms with Crippen molar-refractivity contribution in [3.63, 3.8) is 0 Å². The van der Waals surface area contributed by atoms with E-state index in [9.17, 15) is 9.59 Å². The number of nitrogens with one attached hydrogen (secondary N) is 2. The Hall–Kier alpha value is -2.34. The fourth-order valence-corrected chi connectivity index (χ4v) is 2.51. The summed E-state index contributed by atoms with van der Waals surface area (Å²) in [6.07, 6.45) is -0.529. The van der Waals surface area contributed by atoms with Gasteiger partial charge in [-0.25, -0.2) is 4.79 Å². The van der Waals surface area contributed by atoms with E-state index >= 15 is 0 Å². The SMILES string of the molecule is CC(NC(=O)c1ccc(NC(=O)OC(C)(C)C)cc1)c1ccc(Br)cc1. The highest BCUT2D eigenvalue weighted by Gasteiger charge is 2.16. The van der Waals surface area contributed by atoms with Crippen LogP contribution < -0.4 is 10.6 Å². The van der Waals surface area contributed by atoms with Crippen molar-refractivity contribution in [3.8, 4) is 0 Å². The fourth-order valence-electron chi connectivity index (χ4n) is 2.24. The van der Waals surface area contributed by atoms with Crippen LogP contribution in [0.5, 0.6) is 0 Å². The minimum atomic E-state index is -0.562. The van der Waals surface area contributed by atoms with Crippen LogP contribution in [0.15, 0.2) is 53.0 Å². The third-order valence-corrected chi connectivity index (χ3v) is 4.04. The number of ether oxygens (including phenoxy) is 1. The Morgan fingerprint density at radius 1 is 1.00 bits per heavy atom. The van der Waals surface area contributed by atoms with Gasteiger partial charge in [-0.2, -0.15) is 0 Å². The number of carbonyl (C=O) groups is 2. The summed E-state index contributed by atoms with van der Waals surface area (Å²) in [6, 6.07) is 14.4. The number of hydrogen-bond acceptors (Lipinski definition) is 3. The maximum atomic E-state index is 12.4. The van der Waals surface area contributed by atoms with E-state index in [0.717, 1.165) is 10.0 Å². The van der Waals surface area contributed by atoms with Crippen molar-refractivity contribution in [2.75, 3.05) is 5.32 Å². The van der Waals surface area contributed by atoms with Gasteiger partial charge in [-0.15, -0.1) is 0 Å². The lowest BCUT2D eigenvalue weighted by Gasteiger charge is -2.19. The van der Waals surface area contributed by atoms with Crippen molar-refractivity contribution in [2.45, 2.75) is 39.3 Å². The Labute approximate surface area is 162 Å². The lowest BCUT2D eigenvalue weighted by atomic mass is 10.1. The maximum Gasteiger partial charge on any atom is 0.412 e. The van der Waals surface area contributed by atoms with Crippen LogP contribution in [0.2, 0.25) is 0 Å². The molecule has 138 valence electrons. The topological polar surface area (TPSA) is 67.4 Å². The lowest BCUT2D eigenvalue weighted by Crippen LogP contribution is -2.27. The van der Waals surface area contributed by atoms with Crippen LogP contribution in [0.1, 0.15) is 49.7 Å². The van der Waals surface area contributed by atoms with E-state index in [1.807, 2.05) is 31.2 Å². The van der Waals surface area contributed by atoms with Crippen LogP contribution >= 0.6 is 15.9 Å². The van der Waals surface area contributed by atoms with Crippen molar-refractivity contribution in [2.24, 2.45) is 0 Å². The zero-order valence-electron chi connectivity index (χ0n) is 15.3. The molecule has 0 bridgehead atoms. The molecule has 0 aromatic heterocycles. The predicted molar refractivity (Wildman–Crippen MR) is 106 cm³/mol. The molecular formula is C20H23BrN2O3. The second-order valence-corrected chi connectivity index (χ2v) is 7.87. The van der Waals surface area contributed by atoms with E-state index in [1.165, 1.54) is 0 Å². The van der Waals surface area contributed by atoms with Crippen LogP contribution in [0.25, 0.3) is 0 Å². The zero-order chi connectivity index (χ0) is 19.3. The van der Waals surface area contributed by atoms with E-state index in [4.69, 9.17) is 4.74 Å². The van der Waals surface area contributed by atoms with Gasteiger partial charge in [0.05, 0.1) is 6.04 Å². The van der Waals surface area contributed by atoms with E-state index in [2.05, 4.69) is 26.6 Å². The first-order chi connectivity index (χ1) is 12.1. The van der Waals surface area contributed by atoms with E-state index in [1.54, 1.807) is 45.0 Å². The molecule has 2 aromatic carbocycles. The Kier molecular flexibility index (Phi) is 6.42. The van der Waals surface area contributed by atoms with Crippen LogP contribution in [0.3, 0.4) is 0 Å². The standard InChI is InChI=1S/C20H23BrN2O3/c1-13(14-5-9-16(21)10-6-14)22-18(24)15-7-11-17(12-8-15)23-19(25)26-20(2,3)4/h5-13H,1-4H3,(H,22,24)(H,23,25). The van der Waals surface area contributed by atoms with Gasteiger partial charge in [-0.05, 0) is 69.7 Å². The number of halogens is 1. The fraction of sp³-hybridized carbons (Fsp3) is 0.300. The molecular weight excluding hydrogens is 396 g/mol. The third kappa shape index (κ3) is 6.19. The molecule has 2 N–H and O–H groups in total. The highest BCUT2D eigenvalue weighted by Crippen LogP contribution is 2.18. The summed E-state index contributed by atoms with van der Waals surface area (Å²) >= 11 is 3.40. The summed E-state index contributed by atoms with van der Waals surface area (Å²) in [7, 11) is 0. The molecule has 0 aliphatic rings. The molecule has 0 saturated carbocycles. The van der Waals surface area contributed by atoms with Crippen molar-refractivity contribution >= 4 is 33.6 Å².